The highest BCUT2D eigenvalue weighted by molar-refractivity contribution is 5.97. The Hall–Kier alpha value is -5.44. The molecule has 14 nitrogen and oxygen atoms in total. The van der Waals surface area contributed by atoms with Gasteiger partial charge in [0.15, 0.2) is 0 Å². The van der Waals surface area contributed by atoms with E-state index in [1.165, 1.54) is 6.08 Å². The van der Waals surface area contributed by atoms with Crippen LogP contribution >= 0.6 is 0 Å². The number of nitrogens with one attached hydrogen (secondary N) is 3. The van der Waals surface area contributed by atoms with Crippen molar-refractivity contribution in [2.75, 3.05) is 43.4 Å². The molecule has 3 aliphatic heterocycles. The number of anilines is 2. The summed E-state index contributed by atoms with van der Waals surface area (Å²) < 4.78 is 15.9. The zero-order chi connectivity index (χ0) is 37.7. The SMILES string of the molecule is CCC1c2c(cnn2C2CN(Cc3cccc(C(=O)N4CC[C@H](F)C4)n3)C2)-c2cccc(NC(/C=C(\N)NC(=O)C3CC3)=C(/N)C(=O)NC3CC3)c2N1C. The number of aromatic nitrogens is 3. The van der Waals surface area contributed by atoms with Crippen LogP contribution in [0, 0.1) is 5.92 Å². The summed E-state index contributed by atoms with van der Waals surface area (Å²) in [7, 11) is 2.06. The van der Waals surface area contributed by atoms with Crippen molar-refractivity contribution in [1.82, 2.24) is 35.2 Å². The van der Waals surface area contributed by atoms with E-state index < -0.39 is 12.1 Å². The maximum atomic E-state index is 13.7. The largest absolute Gasteiger partial charge is 0.393 e. The van der Waals surface area contributed by atoms with E-state index in [0.29, 0.717) is 30.9 Å². The monoisotopic (exact) mass is 737 g/mol. The van der Waals surface area contributed by atoms with Crippen LogP contribution in [0.25, 0.3) is 11.1 Å². The predicted molar refractivity (Wildman–Crippen MR) is 202 cm³/mol. The molecule has 2 aromatic heterocycles. The van der Waals surface area contributed by atoms with Crippen LogP contribution in [-0.4, -0.2) is 87.7 Å². The molecule has 5 aliphatic rings. The van der Waals surface area contributed by atoms with Crippen molar-refractivity contribution in [3.8, 4) is 11.1 Å². The second-order valence-corrected chi connectivity index (χ2v) is 15.2. The first-order valence-corrected chi connectivity index (χ1v) is 19.0. The number of hydrogen-bond acceptors (Lipinski definition) is 10. The number of fused-ring (bicyclic) bond motifs is 3. The van der Waals surface area contributed by atoms with E-state index in [1.54, 1.807) is 11.0 Å². The quantitative estimate of drug-likeness (QED) is 0.137. The van der Waals surface area contributed by atoms with E-state index in [-0.39, 0.29) is 53.9 Å². The Morgan fingerprint density at radius 2 is 1.78 bits per heavy atom. The van der Waals surface area contributed by atoms with Crippen LogP contribution in [0.5, 0.6) is 0 Å². The van der Waals surface area contributed by atoms with Gasteiger partial charge in [0.2, 0.25) is 5.91 Å². The number of nitrogens with zero attached hydrogens (tertiary/aromatic N) is 6. The van der Waals surface area contributed by atoms with Gasteiger partial charge in [-0.15, -0.1) is 0 Å². The maximum Gasteiger partial charge on any atom is 0.272 e. The zero-order valence-electron chi connectivity index (χ0n) is 30.7. The van der Waals surface area contributed by atoms with Crippen molar-refractivity contribution in [3.05, 3.63) is 83.0 Å². The molecule has 8 rings (SSSR count). The van der Waals surface area contributed by atoms with E-state index in [0.717, 1.165) is 79.1 Å². The number of likely N-dealkylation sites (tertiary alicyclic amines) is 2. The number of rotatable bonds is 12. The Kier molecular flexibility index (Phi) is 9.50. The average molecular weight is 738 g/mol. The Bertz CT molecular complexity index is 2030. The topological polar surface area (TPSA) is 180 Å². The van der Waals surface area contributed by atoms with Gasteiger partial charge in [-0.2, -0.15) is 5.10 Å². The molecule has 1 aromatic carbocycles. The van der Waals surface area contributed by atoms with Gasteiger partial charge in [-0.3, -0.25) is 24.0 Å². The van der Waals surface area contributed by atoms with Crippen molar-refractivity contribution in [3.63, 3.8) is 0 Å². The third-order valence-corrected chi connectivity index (χ3v) is 11.0. The lowest BCUT2D eigenvalue weighted by Gasteiger charge is -2.43. The number of carbonyl (C=O) groups is 3. The van der Waals surface area contributed by atoms with Crippen LogP contribution in [0.3, 0.4) is 0 Å². The van der Waals surface area contributed by atoms with Crippen LogP contribution in [0.1, 0.15) is 79.4 Å². The van der Waals surface area contributed by atoms with Gasteiger partial charge in [-0.1, -0.05) is 25.1 Å². The van der Waals surface area contributed by atoms with Crippen LogP contribution in [0.4, 0.5) is 15.8 Å². The third-order valence-electron chi connectivity index (χ3n) is 11.0. The fourth-order valence-electron chi connectivity index (χ4n) is 7.78. The molecule has 2 saturated heterocycles. The van der Waals surface area contributed by atoms with Crippen molar-refractivity contribution < 1.29 is 18.8 Å². The van der Waals surface area contributed by atoms with Crippen molar-refractivity contribution in [2.24, 2.45) is 17.4 Å². The first-order chi connectivity index (χ1) is 26.1. The van der Waals surface area contributed by atoms with E-state index >= 15 is 0 Å². The molecule has 2 atom stereocenters. The minimum atomic E-state index is -0.969. The van der Waals surface area contributed by atoms with Crippen LogP contribution in [-0.2, 0) is 16.1 Å². The fraction of sp³-hybridized carbons (Fsp3) is 0.462. The second-order valence-electron chi connectivity index (χ2n) is 15.2. The van der Waals surface area contributed by atoms with Gasteiger partial charge >= 0.3 is 0 Å². The average Bonchev–Trinajstić information content (AvgIpc) is 4.08. The van der Waals surface area contributed by atoms with Crippen LogP contribution in [0.2, 0.25) is 0 Å². The summed E-state index contributed by atoms with van der Waals surface area (Å²) in [4.78, 5) is 49.2. The number of nitrogens with two attached hydrogens (primary N) is 2. The summed E-state index contributed by atoms with van der Waals surface area (Å²) in [5, 5.41) is 14.0. The first-order valence-electron chi connectivity index (χ1n) is 19.0. The molecule has 54 heavy (non-hydrogen) atoms. The zero-order valence-corrected chi connectivity index (χ0v) is 30.7. The lowest BCUT2D eigenvalue weighted by atomic mass is 9.91. The molecule has 284 valence electrons. The molecule has 4 fully saturated rings. The number of amides is 3. The van der Waals surface area contributed by atoms with E-state index in [9.17, 15) is 18.8 Å². The summed E-state index contributed by atoms with van der Waals surface area (Å²) in [6, 6.07) is 11.7. The maximum absolute atomic E-state index is 13.7. The summed E-state index contributed by atoms with van der Waals surface area (Å²) in [5.41, 5.74) is 19.0. The lowest BCUT2D eigenvalue weighted by Crippen LogP contribution is -2.48. The normalized spacial score (nSPS) is 21.9. The number of halogens is 1. The summed E-state index contributed by atoms with van der Waals surface area (Å²) in [5.74, 6) is -0.682. The van der Waals surface area contributed by atoms with E-state index in [1.807, 2.05) is 30.5 Å². The Morgan fingerprint density at radius 3 is 2.48 bits per heavy atom. The number of alkyl halides is 1. The van der Waals surface area contributed by atoms with Gasteiger partial charge in [0.1, 0.15) is 23.4 Å². The Labute approximate surface area is 313 Å². The van der Waals surface area contributed by atoms with Gasteiger partial charge in [0.05, 0.1) is 53.3 Å². The molecule has 0 radical (unpaired) electrons. The Morgan fingerprint density at radius 1 is 1.00 bits per heavy atom. The minimum Gasteiger partial charge on any atom is -0.393 e. The number of benzene rings is 1. The van der Waals surface area contributed by atoms with Gasteiger partial charge < -0.3 is 37.2 Å². The summed E-state index contributed by atoms with van der Waals surface area (Å²) in [6.07, 6.45) is 7.18. The number of pyridine rings is 1. The predicted octanol–water partition coefficient (Wildman–Crippen LogP) is 3.27. The highest BCUT2D eigenvalue weighted by atomic mass is 19.1. The molecule has 2 saturated carbocycles. The molecule has 1 unspecified atom stereocenters. The molecule has 5 heterocycles. The van der Waals surface area contributed by atoms with Gasteiger partial charge in [0.25, 0.3) is 11.8 Å². The van der Waals surface area contributed by atoms with Crippen molar-refractivity contribution in [2.45, 2.75) is 76.3 Å². The molecule has 0 spiro atoms. The van der Waals surface area contributed by atoms with Gasteiger partial charge in [-0.05, 0) is 56.7 Å². The lowest BCUT2D eigenvalue weighted by molar-refractivity contribution is -0.121. The fourth-order valence-corrected chi connectivity index (χ4v) is 7.78. The highest BCUT2D eigenvalue weighted by Crippen LogP contribution is 2.49. The minimum absolute atomic E-state index is 0.00671. The van der Waals surface area contributed by atoms with Crippen LogP contribution in [0.15, 0.2) is 65.9 Å². The van der Waals surface area contributed by atoms with Crippen molar-refractivity contribution >= 4 is 29.1 Å². The molecular weight excluding hydrogens is 690 g/mol. The Balaban J connectivity index is 1.02. The second kappa shape index (κ2) is 14.4. The van der Waals surface area contributed by atoms with Gasteiger partial charge in [0, 0.05) is 62.4 Å². The third kappa shape index (κ3) is 7.11. The smallest absolute Gasteiger partial charge is 0.272 e. The number of allylic oxidation sites excluding steroid dienone is 1. The van der Waals surface area contributed by atoms with Gasteiger partial charge in [-0.25, -0.2) is 9.37 Å². The molecular formula is C39H48FN11O3. The summed E-state index contributed by atoms with van der Waals surface area (Å²) >= 11 is 0. The molecule has 7 N–H and O–H groups in total. The summed E-state index contributed by atoms with van der Waals surface area (Å²) in [6.45, 7) is 4.86. The van der Waals surface area contributed by atoms with Crippen molar-refractivity contribution in [1.29, 1.82) is 0 Å². The van der Waals surface area contributed by atoms with E-state index in [4.69, 9.17) is 16.6 Å². The number of carbonyl (C=O) groups excluding carboxylic acids is 3. The number of para-hydroxylation sites is 1. The van der Waals surface area contributed by atoms with E-state index in [2.05, 4.69) is 55.5 Å². The van der Waals surface area contributed by atoms with Crippen LogP contribution < -0.4 is 32.3 Å². The number of hydrogen-bond donors (Lipinski definition) is 5. The molecule has 3 aromatic rings. The molecule has 2 aliphatic carbocycles. The molecule has 15 heteroatoms. The standard InChI is InChI=1S/C39H48FN11O3/c1-3-32-36-28(17-43-51(36)26-20-49(21-26)19-25-6-4-9-30(44-25)39(54)50-15-14-23(40)18-50)27-7-5-8-29(35(27)48(32)2)46-31(34(42)38(53)45-24-12-13-24)16-33(41)47-37(52)22-10-11-22/h4-9,16-17,22-24,26,32,46H,3,10-15,18-21,41-42H2,1-2H3,(H,45,53)(H,47,52)/b33-16+,34-31+/t23-,32?/m0/s1. The molecule has 0 bridgehead atoms. The first kappa shape index (κ1) is 35.6. The molecule has 3 amide bonds. The highest BCUT2D eigenvalue weighted by Gasteiger charge is 2.38.